The lowest BCUT2D eigenvalue weighted by Gasteiger charge is -2.26. The summed E-state index contributed by atoms with van der Waals surface area (Å²) in [6, 6.07) is 11.6. The van der Waals surface area contributed by atoms with Crippen LogP contribution in [0.2, 0.25) is 0 Å². The first-order valence-electron chi connectivity index (χ1n) is 8.56. The minimum atomic E-state index is -3.68. The number of nitrogens with zero attached hydrogens (tertiary/aromatic N) is 1. The van der Waals surface area contributed by atoms with E-state index in [2.05, 4.69) is 5.32 Å². The standard InChI is InChI=1S/C19H22N2O5S/c1-14-6-7-15(19(22)20-16-4-3-5-17(13-16)25-2)12-18(14)27(23,24)21-8-10-26-11-9-21/h3-7,12-13H,8-11H2,1-2H3,(H,20,22). The van der Waals surface area contributed by atoms with Gasteiger partial charge in [0.05, 0.1) is 25.2 Å². The molecule has 3 rings (SSSR count). The van der Waals surface area contributed by atoms with Gasteiger partial charge in [0.1, 0.15) is 5.75 Å². The van der Waals surface area contributed by atoms with Gasteiger partial charge in [-0.3, -0.25) is 4.79 Å². The maximum Gasteiger partial charge on any atom is 0.255 e. The lowest BCUT2D eigenvalue weighted by Crippen LogP contribution is -2.40. The van der Waals surface area contributed by atoms with Crippen molar-refractivity contribution in [3.8, 4) is 5.75 Å². The summed E-state index contributed by atoms with van der Waals surface area (Å²) in [7, 11) is -2.13. The number of methoxy groups -OCH3 is 1. The van der Waals surface area contributed by atoms with Gasteiger partial charge in [-0.25, -0.2) is 8.42 Å². The molecule has 1 fully saturated rings. The van der Waals surface area contributed by atoms with Gasteiger partial charge in [0.2, 0.25) is 10.0 Å². The van der Waals surface area contributed by atoms with Crippen molar-refractivity contribution in [2.24, 2.45) is 0 Å². The highest BCUT2D eigenvalue weighted by atomic mass is 32.2. The molecule has 144 valence electrons. The number of amides is 1. The summed E-state index contributed by atoms with van der Waals surface area (Å²) in [5.41, 5.74) is 1.44. The second-order valence-corrected chi connectivity index (χ2v) is 8.09. The van der Waals surface area contributed by atoms with Crippen molar-refractivity contribution >= 4 is 21.6 Å². The number of nitrogens with one attached hydrogen (secondary N) is 1. The van der Waals surface area contributed by atoms with Crippen molar-refractivity contribution in [2.45, 2.75) is 11.8 Å². The van der Waals surface area contributed by atoms with E-state index in [9.17, 15) is 13.2 Å². The number of benzene rings is 2. The first kappa shape index (κ1) is 19.3. The molecule has 0 atom stereocenters. The minimum Gasteiger partial charge on any atom is -0.497 e. The molecule has 1 aliphatic rings. The molecule has 2 aromatic carbocycles. The van der Waals surface area contributed by atoms with Crippen molar-refractivity contribution in [3.05, 3.63) is 53.6 Å². The van der Waals surface area contributed by atoms with Crippen molar-refractivity contribution in [3.63, 3.8) is 0 Å². The first-order chi connectivity index (χ1) is 12.9. The number of carbonyl (C=O) groups is 1. The molecule has 1 amide bonds. The number of hydrogen-bond acceptors (Lipinski definition) is 5. The highest BCUT2D eigenvalue weighted by Crippen LogP contribution is 2.23. The van der Waals surface area contributed by atoms with E-state index in [0.29, 0.717) is 43.3 Å². The average molecular weight is 390 g/mol. The van der Waals surface area contributed by atoms with E-state index in [1.807, 2.05) is 0 Å². The molecule has 0 aliphatic carbocycles. The summed E-state index contributed by atoms with van der Waals surface area (Å²) in [4.78, 5) is 12.7. The van der Waals surface area contributed by atoms with Gasteiger partial charge >= 0.3 is 0 Å². The number of carbonyl (C=O) groups excluding carboxylic acids is 1. The van der Waals surface area contributed by atoms with E-state index in [1.54, 1.807) is 50.4 Å². The number of sulfonamides is 1. The molecular weight excluding hydrogens is 368 g/mol. The Bertz CT molecular complexity index is 937. The molecule has 1 saturated heterocycles. The Hall–Kier alpha value is -2.42. The maximum atomic E-state index is 12.9. The van der Waals surface area contributed by atoms with Crippen LogP contribution in [-0.4, -0.2) is 52.0 Å². The Balaban J connectivity index is 1.87. The number of rotatable bonds is 5. The van der Waals surface area contributed by atoms with Crippen LogP contribution >= 0.6 is 0 Å². The maximum absolute atomic E-state index is 12.9. The number of morpholine rings is 1. The van der Waals surface area contributed by atoms with Gasteiger partial charge in [-0.1, -0.05) is 12.1 Å². The zero-order valence-corrected chi connectivity index (χ0v) is 16.1. The molecule has 1 N–H and O–H groups in total. The minimum absolute atomic E-state index is 0.141. The lowest BCUT2D eigenvalue weighted by molar-refractivity contribution is 0.0730. The molecule has 0 bridgehead atoms. The van der Waals surface area contributed by atoms with E-state index in [0.717, 1.165) is 0 Å². The molecule has 0 saturated carbocycles. The monoisotopic (exact) mass is 390 g/mol. The third-order valence-electron chi connectivity index (χ3n) is 4.37. The quantitative estimate of drug-likeness (QED) is 0.847. The van der Waals surface area contributed by atoms with Gasteiger partial charge in [0.15, 0.2) is 0 Å². The highest BCUT2D eigenvalue weighted by Gasteiger charge is 2.28. The number of ether oxygens (including phenoxy) is 2. The summed E-state index contributed by atoms with van der Waals surface area (Å²) >= 11 is 0. The molecule has 1 heterocycles. The molecule has 0 aromatic heterocycles. The summed E-state index contributed by atoms with van der Waals surface area (Å²) < 4.78 is 37.7. The van der Waals surface area contributed by atoms with Crippen LogP contribution in [0.15, 0.2) is 47.4 Å². The first-order valence-corrected chi connectivity index (χ1v) is 10.00. The number of anilines is 1. The van der Waals surface area contributed by atoms with Gasteiger partial charge in [-0.2, -0.15) is 4.31 Å². The normalized spacial score (nSPS) is 15.3. The highest BCUT2D eigenvalue weighted by molar-refractivity contribution is 7.89. The van der Waals surface area contributed by atoms with Gasteiger partial charge in [0, 0.05) is 30.4 Å². The van der Waals surface area contributed by atoms with Gasteiger partial charge in [0.25, 0.3) is 5.91 Å². The molecule has 1 aliphatic heterocycles. The largest absolute Gasteiger partial charge is 0.497 e. The molecule has 27 heavy (non-hydrogen) atoms. The smallest absolute Gasteiger partial charge is 0.255 e. The van der Waals surface area contributed by atoms with E-state index in [-0.39, 0.29) is 16.4 Å². The molecule has 0 radical (unpaired) electrons. The summed E-state index contributed by atoms with van der Waals surface area (Å²) in [6.45, 7) is 3.07. The second kappa shape index (κ2) is 8.08. The van der Waals surface area contributed by atoms with Crippen molar-refractivity contribution in [2.75, 3.05) is 38.7 Å². The summed E-state index contributed by atoms with van der Waals surface area (Å²) in [6.07, 6.45) is 0. The summed E-state index contributed by atoms with van der Waals surface area (Å²) in [5, 5.41) is 2.76. The Kier molecular flexibility index (Phi) is 5.79. The zero-order chi connectivity index (χ0) is 19.4. The third kappa shape index (κ3) is 4.29. The van der Waals surface area contributed by atoms with Gasteiger partial charge < -0.3 is 14.8 Å². The van der Waals surface area contributed by atoms with E-state index < -0.39 is 10.0 Å². The molecular formula is C19H22N2O5S. The Morgan fingerprint density at radius 2 is 1.89 bits per heavy atom. The fourth-order valence-electron chi connectivity index (χ4n) is 2.85. The van der Waals surface area contributed by atoms with E-state index >= 15 is 0 Å². The second-order valence-electron chi connectivity index (χ2n) is 6.18. The zero-order valence-electron chi connectivity index (χ0n) is 15.3. The molecule has 0 unspecified atom stereocenters. The molecule has 2 aromatic rings. The van der Waals surface area contributed by atoms with Crippen molar-refractivity contribution in [1.29, 1.82) is 0 Å². The number of hydrogen-bond donors (Lipinski definition) is 1. The fourth-order valence-corrected chi connectivity index (χ4v) is 4.51. The SMILES string of the molecule is COc1cccc(NC(=O)c2ccc(C)c(S(=O)(=O)N3CCOCC3)c2)c1. The predicted octanol–water partition coefficient (Wildman–Crippen LogP) is 2.28. The average Bonchev–Trinajstić information content (AvgIpc) is 2.69. The molecule has 0 spiro atoms. The van der Waals surface area contributed by atoms with Crippen LogP contribution in [0.25, 0.3) is 0 Å². The van der Waals surface area contributed by atoms with Crippen LogP contribution in [0, 0.1) is 6.92 Å². The fraction of sp³-hybridized carbons (Fsp3) is 0.316. The topological polar surface area (TPSA) is 84.9 Å². The Labute approximate surface area is 158 Å². The van der Waals surface area contributed by atoms with Gasteiger partial charge in [-0.05, 0) is 36.8 Å². The van der Waals surface area contributed by atoms with Crippen molar-refractivity contribution < 1.29 is 22.7 Å². The molecule has 8 heteroatoms. The van der Waals surface area contributed by atoms with Crippen LogP contribution in [0.5, 0.6) is 5.75 Å². The number of aryl methyl sites for hydroxylation is 1. The van der Waals surface area contributed by atoms with E-state index in [4.69, 9.17) is 9.47 Å². The van der Waals surface area contributed by atoms with Crippen LogP contribution in [0.4, 0.5) is 5.69 Å². The van der Waals surface area contributed by atoms with Crippen LogP contribution in [-0.2, 0) is 14.8 Å². The lowest BCUT2D eigenvalue weighted by atomic mass is 10.1. The van der Waals surface area contributed by atoms with Crippen molar-refractivity contribution in [1.82, 2.24) is 4.31 Å². The predicted molar refractivity (Wildman–Crippen MR) is 102 cm³/mol. The molecule has 7 nitrogen and oxygen atoms in total. The van der Waals surface area contributed by atoms with Crippen LogP contribution in [0.3, 0.4) is 0 Å². The Morgan fingerprint density at radius 3 is 2.59 bits per heavy atom. The third-order valence-corrected chi connectivity index (χ3v) is 6.41. The van der Waals surface area contributed by atoms with Crippen LogP contribution < -0.4 is 10.1 Å². The summed E-state index contributed by atoms with van der Waals surface area (Å²) in [5.74, 6) is 0.231. The van der Waals surface area contributed by atoms with Crippen LogP contribution in [0.1, 0.15) is 15.9 Å². The Morgan fingerprint density at radius 1 is 1.15 bits per heavy atom. The van der Waals surface area contributed by atoms with Gasteiger partial charge in [-0.15, -0.1) is 0 Å². The van der Waals surface area contributed by atoms with E-state index in [1.165, 1.54) is 10.4 Å².